The Balaban J connectivity index is 2.76. The summed E-state index contributed by atoms with van der Waals surface area (Å²) < 4.78 is 32.9. The first-order chi connectivity index (χ1) is 9.04. The molecule has 1 N–H and O–H groups in total. The van der Waals surface area contributed by atoms with Crippen LogP contribution in [0.3, 0.4) is 0 Å². The van der Waals surface area contributed by atoms with Gasteiger partial charge >= 0.3 is 12.1 Å². The maximum Gasteiger partial charge on any atom is 0.407 e. The summed E-state index contributed by atoms with van der Waals surface area (Å²) in [5.74, 6) is -1.93. The van der Waals surface area contributed by atoms with Gasteiger partial charge in [0.2, 0.25) is 0 Å². The fourth-order valence-electron chi connectivity index (χ4n) is 2.00. The molecule has 0 aromatic rings. The van der Waals surface area contributed by atoms with E-state index in [0.29, 0.717) is 0 Å². The maximum absolute atomic E-state index is 11.7. The fraction of sp³-hybridized carbons (Fsp3) is 0.833. The largest absolute Gasteiger partial charge is 0.469 e. The van der Waals surface area contributed by atoms with Gasteiger partial charge in [-0.15, -0.1) is 0 Å². The van der Waals surface area contributed by atoms with Crippen molar-refractivity contribution < 1.29 is 27.5 Å². The fourth-order valence-corrected chi connectivity index (χ4v) is 3.69. The van der Waals surface area contributed by atoms with Crippen LogP contribution in [0.5, 0.6) is 0 Å². The monoisotopic (exact) mass is 307 g/mol. The number of nitrogens with one attached hydrogen (secondary N) is 1. The molecule has 1 heterocycles. The number of esters is 1. The molecule has 0 unspecified atom stereocenters. The number of hydrogen-bond donors (Lipinski definition) is 1. The summed E-state index contributed by atoms with van der Waals surface area (Å²) in [7, 11) is -2.10. The highest BCUT2D eigenvalue weighted by Crippen LogP contribution is 2.21. The summed E-state index contributed by atoms with van der Waals surface area (Å²) in [5, 5.41) is 2.55. The summed E-state index contributed by atoms with van der Waals surface area (Å²) >= 11 is 0. The minimum Gasteiger partial charge on any atom is -0.469 e. The molecule has 0 aromatic heterocycles. The lowest BCUT2D eigenvalue weighted by Crippen LogP contribution is -2.51. The summed E-state index contributed by atoms with van der Waals surface area (Å²) in [5.41, 5.74) is -0.661. The molecule has 2 atom stereocenters. The Kier molecular flexibility index (Phi) is 5.01. The zero-order chi connectivity index (χ0) is 15.6. The van der Waals surface area contributed by atoms with Crippen molar-refractivity contribution in [3.05, 3.63) is 0 Å². The van der Waals surface area contributed by atoms with Crippen molar-refractivity contribution in [2.24, 2.45) is 5.92 Å². The predicted octanol–water partition coefficient (Wildman–Crippen LogP) is 0.487. The minimum absolute atomic E-state index is 0.0685. The molecular formula is C12H21NO6S. The number of rotatable bonds is 2. The first-order valence-electron chi connectivity index (χ1n) is 6.32. The van der Waals surface area contributed by atoms with Crippen LogP contribution in [0.2, 0.25) is 0 Å². The summed E-state index contributed by atoms with van der Waals surface area (Å²) in [6.45, 7) is 5.15. The number of sulfone groups is 1. The Morgan fingerprint density at radius 2 is 1.85 bits per heavy atom. The molecule has 0 saturated carbocycles. The van der Waals surface area contributed by atoms with E-state index in [1.807, 2.05) is 0 Å². The first-order valence-corrected chi connectivity index (χ1v) is 8.14. The minimum atomic E-state index is -3.28. The SMILES string of the molecule is COC(=O)[C@H]1CS(=O)(=O)CC[C@H]1NC(=O)OC(C)(C)C. The molecule has 7 nitrogen and oxygen atoms in total. The van der Waals surface area contributed by atoms with Crippen LogP contribution < -0.4 is 5.32 Å². The zero-order valence-corrected chi connectivity index (χ0v) is 13.0. The predicted molar refractivity (Wildman–Crippen MR) is 71.9 cm³/mol. The van der Waals surface area contributed by atoms with Crippen LogP contribution in [0.25, 0.3) is 0 Å². The molecule has 1 rings (SSSR count). The van der Waals surface area contributed by atoms with E-state index < -0.39 is 39.5 Å². The number of alkyl carbamates (subject to hydrolysis) is 1. The highest BCUT2D eigenvalue weighted by atomic mass is 32.2. The van der Waals surface area contributed by atoms with Gasteiger partial charge in [0.05, 0.1) is 24.5 Å². The molecule has 0 radical (unpaired) electrons. The van der Waals surface area contributed by atoms with Crippen LogP contribution in [0.4, 0.5) is 4.79 Å². The average Bonchev–Trinajstić information content (AvgIpc) is 2.27. The van der Waals surface area contributed by atoms with Crippen LogP contribution in [0, 0.1) is 5.92 Å². The Morgan fingerprint density at radius 3 is 2.35 bits per heavy atom. The van der Waals surface area contributed by atoms with E-state index in [2.05, 4.69) is 10.1 Å². The standard InChI is InChI=1S/C12H21NO6S/c1-12(2,3)19-11(15)13-9-5-6-20(16,17)7-8(9)10(14)18-4/h8-9H,5-7H2,1-4H3,(H,13,15)/t8-,9+/m0/s1. The highest BCUT2D eigenvalue weighted by Gasteiger charge is 2.39. The molecule has 1 saturated heterocycles. The lowest BCUT2D eigenvalue weighted by atomic mass is 9.99. The van der Waals surface area contributed by atoms with Crippen LogP contribution in [-0.2, 0) is 24.1 Å². The normalized spacial score (nSPS) is 25.6. The summed E-state index contributed by atoms with van der Waals surface area (Å²) in [6, 6.07) is -0.596. The van der Waals surface area contributed by atoms with Gasteiger partial charge in [0.15, 0.2) is 9.84 Å². The van der Waals surface area contributed by atoms with Gasteiger partial charge in [-0.05, 0) is 27.2 Å². The van der Waals surface area contributed by atoms with Gasteiger partial charge in [0, 0.05) is 6.04 Å². The lowest BCUT2D eigenvalue weighted by Gasteiger charge is -2.31. The number of ether oxygens (including phenoxy) is 2. The van der Waals surface area contributed by atoms with E-state index in [-0.39, 0.29) is 17.9 Å². The number of amides is 1. The van der Waals surface area contributed by atoms with E-state index in [9.17, 15) is 18.0 Å². The van der Waals surface area contributed by atoms with Crippen LogP contribution in [0.15, 0.2) is 0 Å². The van der Waals surface area contributed by atoms with Crippen LogP contribution >= 0.6 is 0 Å². The van der Waals surface area contributed by atoms with Crippen molar-refractivity contribution in [2.45, 2.75) is 38.8 Å². The van der Waals surface area contributed by atoms with Crippen LogP contribution in [0.1, 0.15) is 27.2 Å². The van der Waals surface area contributed by atoms with Crippen molar-refractivity contribution in [3.63, 3.8) is 0 Å². The number of carbonyl (C=O) groups excluding carboxylic acids is 2. The van der Waals surface area contributed by atoms with E-state index in [4.69, 9.17) is 4.74 Å². The highest BCUT2D eigenvalue weighted by molar-refractivity contribution is 7.91. The van der Waals surface area contributed by atoms with Gasteiger partial charge in [-0.3, -0.25) is 4.79 Å². The van der Waals surface area contributed by atoms with Gasteiger partial charge in [0.25, 0.3) is 0 Å². The quantitative estimate of drug-likeness (QED) is 0.745. The van der Waals surface area contributed by atoms with E-state index in [1.165, 1.54) is 7.11 Å². The van der Waals surface area contributed by atoms with Gasteiger partial charge in [0.1, 0.15) is 5.60 Å². The Hall–Kier alpha value is -1.31. The first kappa shape index (κ1) is 16.7. The molecule has 8 heteroatoms. The molecule has 0 bridgehead atoms. The van der Waals surface area contributed by atoms with E-state index in [1.54, 1.807) is 20.8 Å². The third-order valence-corrected chi connectivity index (χ3v) is 4.59. The van der Waals surface area contributed by atoms with Crippen molar-refractivity contribution in [1.82, 2.24) is 5.32 Å². The number of hydrogen-bond acceptors (Lipinski definition) is 6. The van der Waals surface area contributed by atoms with E-state index >= 15 is 0 Å². The number of carbonyl (C=O) groups is 2. The average molecular weight is 307 g/mol. The molecule has 1 fully saturated rings. The topological polar surface area (TPSA) is 98.8 Å². The van der Waals surface area contributed by atoms with Gasteiger partial charge in [-0.25, -0.2) is 13.2 Å². The molecular weight excluding hydrogens is 286 g/mol. The molecule has 116 valence electrons. The Bertz CT molecular complexity index is 479. The molecule has 20 heavy (non-hydrogen) atoms. The van der Waals surface area contributed by atoms with Crippen molar-refractivity contribution in [2.75, 3.05) is 18.6 Å². The smallest absolute Gasteiger partial charge is 0.407 e. The number of methoxy groups -OCH3 is 1. The molecule has 0 aromatic carbocycles. The van der Waals surface area contributed by atoms with Crippen molar-refractivity contribution in [3.8, 4) is 0 Å². The molecule has 0 aliphatic carbocycles. The van der Waals surface area contributed by atoms with Gasteiger partial charge in [-0.2, -0.15) is 0 Å². The van der Waals surface area contributed by atoms with E-state index in [0.717, 1.165) is 0 Å². The van der Waals surface area contributed by atoms with Crippen molar-refractivity contribution >= 4 is 21.9 Å². The third kappa shape index (κ3) is 4.99. The second-order valence-electron chi connectivity index (χ2n) is 5.79. The second kappa shape index (κ2) is 5.99. The van der Waals surface area contributed by atoms with Crippen molar-refractivity contribution in [1.29, 1.82) is 0 Å². The Morgan fingerprint density at radius 1 is 1.25 bits per heavy atom. The molecule has 1 aliphatic heterocycles. The van der Waals surface area contributed by atoms with Gasteiger partial charge < -0.3 is 14.8 Å². The molecule has 1 amide bonds. The maximum atomic E-state index is 11.7. The molecule has 0 spiro atoms. The zero-order valence-electron chi connectivity index (χ0n) is 12.1. The third-order valence-electron chi connectivity index (χ3n) is 2.87. The van der Waals surface area contributed by atoms with Crippen LogP contribution in [-0.4, -0.2) is 50.7 Å². The lowest BCUT2D eigenvalue weighted by molar-refractivity contribution is -0.145. The summed E-state index contributed by atoms with van der Waals surface area (Å²) in [4.78, 5) is 23.4. The molecule has 1 aliphatic rings. The second-order valence-corrected chi connectivity index (χ2v) is 8.01. The summed E-state index contributed by atoms with van der Waals surface area (Å²) in [6.07, 6.45) is -0.503. The Labute approximate surface area is 118 Å². The van der Waals surface area contributed by atoms with Gasteiger partial charge in [-0.1, -0.05) is 0 Å².